The summed E-state index contributed by atoms with van der Waals surface area (Å²) in [6.07, 6.45) is 0.938. The van der Waals surface area contributed by atoms with E-state index in [9.17, 15) is 9.59 Å². The van der Waals surface area contributed by atoms with Crippen molar-refractivity contribution in [1.82, 2.24) is 20.4 Å². The SMILES string of the molecule is CCCNC(=O)CN1CCN(C(=O)CN[C@H](C)c2ccccc2Cl)CC1. The third-order valence-electron chi connectivity index (χ3n) is 4.60. The topological polar surface area (TPSA) is 64.7 Å². The Morgan fingerprint density at radius 3 is 2.54 bits per heavy atom. The summed E-state index contributed by atoms with van der Waals surface area (Å²) < 4.78 is 0. The molecule has 1 saturated heterocycles. The van der Waals surface area contributed by atoms with Crippen LogP contribution in [0.3, 0.4) is 0 Å². The summed E-state index contributed by atoms with van der Waals surface area (Å²) in [6, 6.07) is 7.67. The molecule has 144 valence electrons. The summed E-state index contributed by atoms with van der Waals surface area (Å²) in [5, 5.41) is 6.84. The molecule has 2 N–H and O–H groups in total. The van der Waals surface area contributed by atoms with E-state index in [-0.39, 0.29) is 24.4 Å². The highest BCUT2D eigenvalue weighted by atomic mass is 35.5. The standard InChI is InChI=1S/C19H29ClN4O2/c1-3-8-21-18(25)14-23-9-11-24(12-10-23)19(26)13-22-15(2)16-6-4-5-7-17(16)20/h4-7,15,22H,3,8-14H2,1-2H3,(H,21,25)/t15-/m1/s1. The van der Waals surface area contributed by atoms with Crippen LogP contribution in [0, 0.1) is 0 Å². The maximum absolute atomic E-state index is 12.4. The van der Waals surface area contributed by atoms with Gasteiger partial charge in [0.2, 0.25) is 11.8 Å². The molecule has 7 heteroatoms. The fourth-order valence-electron chi connectivity index (χ4n) is 2.97. The van der Waals surface area contributed by atoms with Crippen molar-refractivity contribution in [3.63, 3.8) is 0 Å². The van der Waals surface area contributed by atoms with E-state index in [0.717, 1.165) is 25.1 Å². The summed E-state index contributed by atoms with van der Waals surface area (Å²) in [6.45, 7) is 8.20. The highest BCUT2D eigenvalue weighted by Gasteiger charge is 2.22. The van der Waals surface area contributed by atoms with E-state index in [0.29, 0.717) is 31.2 Å². The first-order valence-corrected chi connectivity index (χ1v) is 9.63. The maximum Gasteiger partial charge on any atom is 0.236 e. The molecular weight excluding hydrogens is 352 g/mol. The van der Waals surface area contributed by atoms with Gasteiger partial charge in [-0.2, -0.15) is 0 Å². The number of carbonyl (C=O) groups is 2. The van der Waals surface area contributed by atoms with Crippen LogP contribution in [-0.4, -0.2) is 67.4 Å². The molecule has 2 amide bonds. The van der Waals surface area contributed by atoms with Crippen LogP contribution in [0.4, 0.5) is 0 Å². The monoisotopic (exact) mass is 380 g/mol. The van der Waals surface area contributed by atoms with Crippen LogP contribution in [-0.2, 0) is 9.59 Å². The van der Waals surface area contributed by atoms with Gasteiger partial charge in [-0.3, -0.25) is 14.5 Å². The first-order chi connectivity index (χ1) is 12.5. The molecule has 1 heterocycles. The number of amides is 2. The summed E-state index contributed by atoms with van der Waals surface area (Å²) in [7, 11) is 0. The zero-order chi connectivity index (χ0) is 18.9. The van der Waals surface area contributed by atoms with Gasteiger partial charge in [-0.25, -0.2) is 0 Å². The van der Waals surface area contributed by atoms with E-state index in [4.69, 9.17) is 11.6 Å². The van der Waals surface area contributed by atoms with Crippen LogP contribution in [0.15, 0.2) is 24.3 Å². The molecule has 0 saturated carbocycles. The molecule has 1 aliphatic rings. The second-order valence-corrected chi connectivity index (χ2v) is 7.04. The Kier molecular flexibility index (Phi) is 8.35. The highest BCUT2D eigenvalue weighted by molar-refractivity contribution is 6.31. The van der Waals surface area contributed by atoms with E-state index in [1.54, 1.807) is 0 Å². The Hall–Kier alpha value is -1.63. The van der Waals surface area contributed by atoms with E-state index in [1.165, 1.54) is 0 Å². The Morgan fingerprint density at radius 1 is 1.19 bits per heavy atom. The lowest BCUT2D eigenvalue weighted by Gasteiger charge is -2.34. The first kappa shape index (κ1) is 20.7. The summed E-state index contributed by atoms with van der Waals surface area (Å²) >= 11 is 6.20. The minimum absolute atomic E-state index is 0.0104. The Balaban J connectivity index is 1.71. The zero-order valence-corrected chi connectivity index (χ0v) is 16.4. The number of benzene rings is 1. The minimum Gasteiger partial charge on any atom is -0.355 e. The lowest BCUT2D eigenvalue weighted by atomic mass is 10.1. The molecule has 0 radical (unpaired) electrons. The van der Waals surface area contributed by atoms with Gasteiger partial charge in [-0.15, -0.1) is 0 Å². The summed E-state index contributed by atoms with van der Waals surface area (Å²) in [5.41, 5.74) is 0.991. The smallest absolute Gasteiger partial charge is 0.236 e. The lowest BCUT2D eigenvalue weighted by molar-refractivity contribution is -0.132. The second kappa shape index (κ2) is 10.5. The number of nitrogens with one attached hydrogen (secondary N) is 2. The number of piperazine rings is 1. The number of hydrogen-bond donors (Lipinski definition) is 2. The summed E-state index contributed by atoms with van der Waals surface area (Å²) in [5.74, 6) is 0.140. The lowest BCUT2D eigenvalue weighted by Crippen LogP contribution is -2.52. The van der Waals surface area contributed by atoms with Gasteiger partial charge in [0.1, 0.15) is 0 Å². The molecule has 26 heavy (non-hydrogen) atoms. The van der Waals surface area contributed by atoms with Gasteiger partial charge >= 0.3 is 0 Å². The van der Waals surface area contributed by atoms with E-state index in [1.807, 2.05) is 43.0 Å². The predicted octanol–water partition coefficient (Wildman–Crippen LogP) is 1.66. The molecular formula is C19H29ClN4O2. The van der Waals surface area contributed by atoms with Gasteiger partial charge in [0.05, 0.1) is 13.1 Å². The quantitative estimate of drug-likeness (QED) is 0.720. The van der Waals surface area contributed by atoms with E-state index in [2.05, 4.69) is 15.5 Å². The van der Waals surface area contributed by atoms with Crippen LogP contribution in [0.5, 0.6) is 0 Å². The molecule has 2 rings (SSSR count). The average Bonchev–Trinajstić information content (AvgIpc) is 2.65. The first-order valence-electron chi connectivity index (χ1n) is 9.26. The van der Waals surface area contributed by atoms with Gasteiger partial charge in [0.15, 0.2) is 0 Å². The third kappa shape index (κ3) is 6.27. The van der Waals surface area contributed by atoms with Gasteiger partial charge in [0.25, 0.3) is 0 Å². The van der Waals surface area contributed by atoms with Crippen molar-refractivity contribution >= 4 is 23.4 Å². The number of carbonyl (C=O) groups excluding carboxylic acids is 2. The molecule has 0 unspecified atom stereocenters. The van der Waals surface area contributed by atoms with Crippen molar-refractivity contribution in [3.8, 4) is 0 Å². The molecule has 0 aromatic heterocycles. The normalized spacial score (nSPS) is 16.3. The fraction of sp³-hybridized carbons (Fsp3) is 0.579. The van der Waals surface area contributed by atoms with Gasteiger partial charge in [-0.05, 0) is 25.0 Å². The van der Waals surface area contributed by atoms with Crippen molar-refractivity contribution < 1.29 is 9.59 Å². The van der Waals surface area contributed by atoms with Crippen molar-refractivity contribution in [2.45, 2.75) is 26.3 Å². The van der Waals surface area contributed by atoms with Crippen molar-refractivity contribution in [2.75, 3.05) is 45.8 Å². The largest absolute Gasteiger partial charge is 0.355 e. The number of hydrogen-bond acceptors (Lipinski definition) is 4. The molecule has 1 aromatic carbocycles. The summed E-state index contributed by atoms with van der Waals surface area (Å²) in [4.78, 5) is 28.1. The van der Waals surface area contributed by atoms with Gasteiger partial charge in [-0.1, -0.05) is 36.7 Å². The molecule has 6 nitrogen and oxygen atoms in total. The number of nitrogens with zero attached hydrogens (tertiary/aromatic N) is 2. The molecule has 0 spiro atoms. The van der Waals surface area contributed by atoms with Crippen molar-refractivity contribution in [3.05, 3.63) is 34.9 Å². The second-order valence-electron chi connectivity index (χ2n) is 6.63. The van der Waals surface area contributed by atoms with Crippen molar-refractivity contribution in [1.29, 1.82) is 0 Å². The molecule has 1 aromatic rings. The number of halogens is 1. The van der Waals surface area contributed by atoms with Crippen LogP contribution in [0.2, 0.25) is 5.02 Å². The Labute approximate surface area is 160 Å². The number of rotatable bonds is 8. The highest BCUT2D eigenvalue weighted by Crippen LogP contribution is 2.21. The predicted molar refractivity (Wildman–Crippen MR) is 104 cm³/mol. The molecule has 1 fully saturated rings. The van der Waals surface area contributed by atoms with Crippen molar-refractivity contribution in [2.24, 2.45) is 0 Å². The molecule has 1 atom stereocenters. The Bertz CT molecular complexity index is 603. The molecule has 1 aliphatic heterocycles. The van der Waals surface area contributed by atoms with Crippen LogP contribution >= 0.6 is 11.6 Å². The Morgan fingerprint density at radius 2 is 1.88 bits per heavy atom. The zero-order valence-electron chi connectivity index (χ0n) is 15.6. The fourth-order valence-corrected chi connectivity index (χ4v) is 3.27. The minimum atomic E-state index is 0.0104. The molecule has 0 aliphatic carbocycles. The van der Waals surface area contributed by atoms with Crippen LogP contribution < -0.4 is 10.6 Å². The third-order valence-corrected chi connectivity index (χ3v) is 4.94. The maximum atomic E-state index is 12.4. The van der Waals surface area contributed by atoms with Crippen LogP contribution in [0.1, 0.15) is 31.9 Å². The van der Waals surface area contributed by atoms with Gasteiger partial charge in [0, 0.05) is 43.8 Å². The van der Waals surface area contributed by atoms with Gasteiger partial charge < -0.3 is 15.5 Å². The van der Waals surface area contributed by atoms with E-state index < -0.39 is 0 Å². The molecule has 0 bridgehead atoms. The van der Waals surface area contributed by atoms with Crippen LogP contribution in [0.25, 0.3) is 0 Å². The average molecular weight is 381 g/mol. The van der Waals surface area contributed by atoms with E-state index >= 15 is 0 Å².